The normalized spacial score (nSPS) is 10.6. The molecule has 150 valence electrons. The predicted molar refractivity (Wildman–Crippen MR) is 110 cm³/mol. The lowest BCUT2D eigenvalue weighted by atomic mass is 10.1. The van der Waals surface area contributed by atoms with E-state index in [0.717, 1.165) is 11.3 Å². The molecule has 0 unspecified atom stereocenters. The van der Waals surface area contributed by atoms with E-state index in [4.69, 9.17) is 4.74 Å². The molecular formula is C23H23FN2O3. The molecule has 0 saturated heterocycles. The molecule has 0 fully saturated rings. The first-order chi connectivity index (χ1) is 13.9. The molecule has 5 nitrogen and oxygen atoms in total. The minimum Gasteiger partial charge on any atom is -0.462 e. The molecule has 1 heterocycles. The summed E-state index contributed by atoms with van der Waals surface area (Å²) in [4.78, 5) is 25.0. The third kappa shape index (κ3) is 4.54. The second-order valence-corrected chi connectivity index (χ2v) is 6.71. The van der Waals surface area contributed by atoms with Crippen molar-refractivity contribution >= 4 is 17.6 Å². The summed E-state index contributed by atoms with van der Waals surface area (Å²) in [6, 6.07) is 15.8. The molecule has 0 aliphatic carbocycles. The molecule has 1 aromatic heterocycles. The van der Waals surface area contributed by atoms with Gasteiger partial charge in [-0.3, -0.25) is 4.79 Å². The first-order valence-corrected chi connectivity index (χ1v) is 9.39. The van der Waals surface area contributed by atoms with Gasteiger partial charge in [0.25, 0.3) is 0 Å². The van der Waals surface area contributed by atoms with Crippen molar-refractivity contribution in [3.8, 4) is 11.3 Å². The lowest BCUT2D eigenvalue weighted by Gasteiger charge is -2.13. The van der Waals surface area contributed by atoms with Gasteiger partial charge in [-0.15, -0.1) is 0 Å². The van der Waals surface area contributed by atoms with E-state index >= 15 is 0 Å². The van der Waals surface area contributed by atoms with Gasteiger partial charge in [-0.25, -0.2) is 9.18 Å². The molecule has 0 spiro atoms. The molecule has 2 aromatic carbocycles. The van der Waals surface area contributed by atoms with E-state index < -0.39 is 5.97 Å². The highest BCUT2D eigenvalue weighted by Crippen LogP contribution is 2.27. The van der Waals surface area contributed by atoms with Crippen molar-refractivity contribution in [3.63, 3.8) is 0 Å². The van der Waals surface area contributed by atoms with Crippen LogP contribution in [-0.2, 0) is 16.1 Å². The number of aryl methyl sites for hydroxylation is 1. The van der Waals surface area contributed by atoms with Crippen molar-refractivity contribution in [1.82, 2.24) is 4.57 Å². The van der Waals surface area contributed by atoms with E-state index in [1.54, 1.807) is 43.5 Å². The molecule has 0 aliphatic rings. The zero-order chi connectivity index (χ0) is 21.0. The summed E-state index contributed by atoms with van der Waals surface area (Å²) in [6.45, 7) is 5.43. The predicted octanol–water partition coefficient (Wildman–Crippen LogP) is 4.73. The lowest BCUT2D eigenvalue weighted by Crippen LogP contribution is -2.20. The van der Waals surface area contributed by atoms with Crippen molar-refractivity contribution in [2.45, 2.75) is 27.3 Å². The Bertz CT molecular complexity index is 1040. The Labute approximate surface area is 169 Å². The molecule has 0 atom stereocenters. The molecule has 29 heavy (non-hydrogen) atoms. The molecule has 3 rings (SSSR count). The molecule has 0 saturated carbocycles. The minimum atomic E-state index is -0.429. The number of ether oxygens (including phenoxy) is 1. The van der Waals surface area contributed by atoms with E-state index in [2.05, 4.69) is 5.32 Å². The number of nitrogens with one attached hydrogen (secondary N) is 1. The summed E-state index contributed by atoms with van der Waals surface area (Å²) in [5.74, 6) is -1.13. The van der Waals surface area contributed by atoms with Gasteiger partial charge in [0.2, 0.25) is 5.91 Å². The van der Waals surface area contributed by atoms with Crippen LogP contribution in [0.3, 0.4) is 0 Å². The number of carbonyl (C=O) groups excluding carboxylic acids is 2. The average Bonchev–Trinajstić information content (AvgIpc) is 3.02. The van der Waals surface area contributed by atoms with Crippen molar-refractivity contribution in [2.75, 3.05) is 11.9 Å². The maximum absolute atomic E-state index is 13.8. The third-order valence-electron chi connectivity index (χ3n) is 4.69. The smallest absolute Gasteiger partial charge is 0.339 e. The minimum absolute atomic E-state index is 0.0229. The van der Waals surface area contributed by atoms with Crippen molar-refractivity contribution in [1.29, 1.82) is 0 Å². The Morgan fingerprint density at radius 3 is 2.45 bits per heavy atom. The van der Waals surface area contributed by atoms with Crippen LogP contribution in [0.5, 0.6) is 0 Å². The van der Waals surface area contributed by atoms with Crippen LogP contribution in [0.25, 0.3) is 11.3 Å². The van der Waals surface area contributed by atoms with Gasteiger partial charge in [0.05, 0.1) is 12.2 Å². The zero-order valence-electron chi connectivity index (χ0n) is 16.7. The quantitative estimate of drug-likeness (QED) is 0.615. The van der Waals surface area contributed by atoms with E-state index in [-0.39, 0.29) is 24.9 Å². The van der Waals surface area contributed by atoms with Crippen LogP contribution < -0.4 is 5.32 Å². The van der Waals surface area contributed by atoms with Crippen LogP contribution in [0, 0.1) is 19.7 Å². The number of nitrogens with zero attached hydrogens (tertiary/aromatic N) is 1. The highest BCUT2D eigenvalue weighted by Gasteiger charge is 2.21. The van der Waals surface area contributed by atoms with Gasteiger partial charge in [0.1, 0.15) is 12.4 Å². The van der Waals surface area contributed by atoms with Gasteiger partial charge in [-0.05, 0) is 50.1 Å². The number of halogens is 1. The lowest BCUT2D eigenvalue weighted by molar-refractivity contribution is -0.116. The van der Waals surface area contributed by atoms with Gasteiger partial charge in [0, 0.05) is 17.1 Å². The van der Waals surface area contributed by atoms with Gasteiger partial charge in [0.15, 0.2) is 0 Å². The maximum atomic E-state index is 13.8. The SMILES string of the molecule is CCOC(=O)c1cc(-c2ccccc2)n(CC(=O)Nc2ccc(C)c(F)c2)c1C. The molecule has 0 bridgehead atoms. The van der Waals surface area contributed by atoms with Crippen LogP contribution >= 0.6 is 0 Å². The Kier molecular flexibility index (Phi) is 6.12. The Balaban J connectivity index is 1.93. The number of anilines is 1. The highest BCUT2D eigenvalue weighted by molar-refractivity contribution is 5.94. The van der Waals surface area contributed by atoms with Crippen LogP contribution in [-0.4, -0.2) is 23.1 Å². The Morgan fingerprint density at radius 2 is 1.79 bits per heavy atom. The number of benzene rings is 2. The maximum Gasteiger partial charge on any atom is 0.339 e. The Hall–Kier alpha value is -3.41. The second-order valence-electron chi connectivity index (χ2n) is 6.71. The molecule has 6 heteroatoms. The number of hydrogen-bond donors (Lipinski definition) is 1. The fourth-order valence-corrected chi connectivity index (χ4v) is 3.13. The molecule has 1 N–H and O–H groups in total. The number of aromatic nitrogens is 1. The number of carbonyl (C=O) groups is 2. The monoisotopic (exact) mass is 394 g/mol. The standard InChI is InChI=1S/C23H23FN2O3/c1-4-29-23(28)19-13-21(17-8-6-5-7-9-17)26(16(19)3)14-22(27)25-18-11-10-15(2)20(24)12-18/h5-13H,4,14H2,1-3H3,(H,25,27). The van der Waals surface area contributed by atoms with Crippen LogP contribution in [0.2, 0.25) is 0 Å². The van der Waals surface area contributed by atoms with E-state index in [0.29, 0.717) is 22.5 Å². The van der Waals surface area contributed by atoms with Gasteiger partial charge in [-0.1, -0.05) is 36.4 Å². The first kappa shape index (κ1) is 20.3. The van der Waals surface area contributed by atoms with Crippen molar-refractivity contribution in [3.05, 3.63) is 77.2 Å². The Morgan fingerprint density at radius 1 is 1.07 bits per heavy atom. The zero-order valence-corrected chi connectivity index (χ0v) is 16.7. The van der Waals surface area contributed by atoms with Crippen LogP contribution in [0.15, 0.2) is 54.6 Å². The summed E-state index contributed by atoms with van der Waals surface area (Å²) in [7, 11) is 0. The van der Waals surface area contributed by atoms with Gasteiger partial charge in [-0.2, -0.15) is 0 Å². The third-order valence-corrected chi connectivity index (χ3v) is 4.69. The number of rotatable bonds is 6. The summed E-state index contributed by atoms with van der Waals surface area (Å²) < 4.78 is 20.7. The highest BCUT2D eigenvalue weighted by atomic mass is 19.1. The molecule has 0 radical (unpaired) electrons. The summed E-state index contributed by atoms with van der Waals surface area (Å²) in [5.41, 5.74) is 3.55. The number of hydrogen-bond acceptors (Lipinski definition) is 3. The fraction of sp³-hybridized carbons (Fsp3) is 0.217. The molecule has 0 aliphatic heterocycles. The van der Waals surface area contributed by atoms with E-state index in [9.17, 15) is 14.0 Å². The van der Waals surface area contributed by atoms with Gasteiger partial charge >= 0.3 is 5.97 Å². The summed E-state index contributed by atoms with van der Waals surface area (Å²) in [5, 5.41) is 2.71. The number of esters is 1. The van der Waals surface area contributed by atoms with Crippen molar-refractivity contribution < 1.29 is 18.7 Å². The van der Waals surface area contributed by atoms with E-state index in [1.165, 1.54) is 6.07 Å². The molecular weight excluding hydrogens is 371 g/mol. The summed E-state index contributed by atoms with van der Waals surface area (Å²) >= 11 is 0. The topological polar surface area (TPSA) is 60.3 Å². The first-order valence-electron chi connectivity index (χ1n) is 9.39. The van der Waals surface area contributed by atoms with Crippen LogP contribution in [0.4, 0.5) is 10.1 Å². The average molecular weight is 394 g/mol. The van der Waals surface area contributed by atoms with Crippen LogP contribution in [0.1, 0.15) is 28.5 Å². The fourth-order valence-electron chi connectivity index (χ4n) is 3.13. The second kappa shape index (κ2) is 8.73. The summed E-state index contributed by atoms with van der Waals surface area (Å²) in [6.07, 6.45) is 0. The van der Waals surface area contributed by atoms with Crippen molar-refractivity contribution in [2.24, 2.45) is 0 Å². The molecule has 1 amide bonds. The van der Waals surface area contributed by atoms with E-state index in [1.807, 2.05) is 30.3 Å². The molecule has 3 aromatic rings. The largest absolute Gasteiger partial charge is 0.462 e. The number of amides is 1. The van der Waals surface area contributed by atoms with Gasteiger partial charge < -0.3 is 14.6 Å².